The molecule has 96 valence electrons. The van der Waals surface area contributed by atoms with Gasteiger partial charge in [0, 0.05) is 17.1 Å². The Morgan fingerprint density at radius 3 is 2.06 bits per heavy atom. The number of halogens is 4. The van der Waals surface area contributed by atoms with E-state index in [1.54, 1.807) is 0 Å². The second-order valence-electron chi connectivity index (χ2n) is 3.01. The van der Waals surface area contributed by atoms with Gasteiger partial charge in [-0.25, -0.2) is 0 Å². The van der Waals surface area contributed by atoms with E-state index in [-0.39, 0.29) is 6.42 Å². The van der Waals surface area contributed by atoms with Gasteiger partial charge in [0.25, 0.3) is 5.09 Å². The van der Waals surface area contributed by atoms with Gasteiger partial charge >= 0.3 is 0 Å². The quantitative estimate of drug-likeness (QED) is 0.217. The smallest absolute Gasteiger partial charge is 0.294 e. The number of hydrogen-bond donors (Lipinski definition) is 0. The van der Waals surface area contributed by atoms with Gasteiger partial charge in [0.1, 0.15) is 0 Å². The Morgan fingerprint density at radius 1 is 1.25 bits per heavy atom. The maximum absolute atomic E-state index is 12.4. The number of hydrogen-bond acceptors (Lipinski definition) is 5. The molecule has 0 heterocycles. The van der Waals surface area contributed by atoms with Gasteiger partial charge in [-0.15, -0.1) is 10.1 Å². The molecule has 0 aliphatic heterocycles. The van der Waals surface area contributed by atoms with Crippen LogP contribution in [0.3, 0.4) is 0 Å². The molecule has 0 aromatic carbocycles. The summed E-state index contributed by atoms with van der Waals surface area (Å²) in [5.74, 6) is 0. The Balaban J connectivity index is 4.55. The summed E-state index contributed by atoms with van der Waals surface area (Å²) in [7, 11) is 0. The van der Waals surface area contributed by atoms with E-state index in [1.807, 2.05) is 0 Å². The van der Waals surface area contributed by atoms with Crippen LogP contribution in [0.5, 0.6) is 0 Å². The molecule has 0 saturated heterocycles. The highest BCUT2D eigenvalue weighted by atomic mass is 19.4. The average molecular weight is 249 g/mol. The standard InChI is InChI=1S/C6H11F4N3O3/c1-2-3-6(11(7)8,12(9)10)4-5-16-13(14)15/h2-5H2,1H3. The lowest BCUT2D eigenvalue weighted by molar-refractivity contribution is -0.758. The summed E-state index contributed by atoms with van der Waals surface area (Å²) in [6.07, 6.45) is -1.37. The van der Waals surface area contributed by atoms with Crippen molar-refractivity contribution in [3.63, 3.8) is 0 Å². The van der Waals surface area contributed by atoms with E-state index in [9.17, 15) is 28.0 Å². The summed E-state index contributed by atoms with van der Waals surface area (Å²) in [5, 5.41) is 5.23. The van der Waals surface area contributed by atoms with Crippen LogP contribution in [-0.4, -0.2) is 28.0 Å². The third-order valence-electron chi connectivity index (χ3n) is 1.98. The fourth-order valence-corrected chi connectivity index (χ4v) is 1.20. The third kappa shape index (κ3) is 3.77. The number of nitrogens with zero attached hydrogens (tertiary/aromatic N) is 3. The predicted octanol–water partition coefficient (Wildman–Crippen LogP) is 2.22. The van der Waals surface area contributed by atoms with Gasteiger partial charge in [0.05, 0.1) is 6.61 Å². The predicted molar refractivity (Wildman–Crippen MR) is 43.3 cm³/mol. The third-order valence-corrected chi connectivity index (χ3v) is 1.98. The summed E-state index contributed by atoms with van der Waals surface area (Å²) in [5.41, 5.74) is -2.84. The molecule has 0 saturated carbocycles. The van der Waals surface area contributed by atoms with Crippen LogP contribution in [-0.2, 0) is 4.84 Å². The SMILES string of the molecule is CCCC(CCO[N+](=O)[O-])(N(F)F)N(F)F. The minimum Gasteiger partial charge on any atom is -0.314 e. The van der Waals surface area contributed by atoms with Crippen LogP contribution in [0, 0.1) is 10.1 Å². The molecule has 0 spiro atoms. The second-order valence-corrected chi connectivity index (χ2v) is 3.01. The molecule has 0 radical (unpaired) electrons. The van der Waals surface area contributed by atoms with Crippen LogP contribution < -0.4 is 0 Å². The van der Waals surface area contributed by atoms with Gasteiger partial charge in [-0.1, -0.05) is 31.3 Å². The lowest BCUT2D eigenvalue weighted by atomic mass is 10.0. The highest BCUT2D eigenvalue weighted by Crippen LogP contribution is 2.32. The summed E-state index contributed by atoms with van der Waals surface area (Å²) in [6.45, 7) is 0.609. The minimum atomic E-state index is -2.84. The molecular formula is C6H11F4N3O3. The molecule has 0 amide bonds. The van der Waals surface area contributed by atoms with Crippen molar-refractivity contribution in [2.24, 2.45) is 0 Å². The zero-order valence-corrected chi connectivity index (χ0v) is 8.41. The Labute approximate surface area is 88.2 Å². The van der Waals surface area contributed by atoms with Crippen LogP contribution in [0.15, 0.2) is 0 Å². The molecule has 6 nitrogen and oxygen atoms in total. The molecule has 0 rings (SSSR count). The lowest BCUT2D eigenvalue weighted by Crippen LogP contribution is -2.49. The highest BCUT2D eigenvalue weighted by Gasteiger charge is 2.46. The maximum atomic E-state index is 12.4. The van der Waals surface area contributed by atoms with Crippen LogP contribution in [0.4, 0.5) is 17.9 Å². The van der Waals surface area contributed by atoms with E-state index < -0.39 is 40.9 Å². The highest BCUT2D eigenvalue weighted by molar-refractivity contribution is 4.76. The average Bonchev–Trinajstić information content (AvgIpc) is 2.14. The van der Waals surface area contributed by atoms with Crippen LogP contribution in [0.2, 0.25) is 0 Å². The van der Waals surface area contributed by atoms with Crippen molar-refractivity contribution in [2.75, 3.05) is 6.61 Å². The summed E-state index contributed by atoms with van der Waals surface area (Å²) >= 11 is 0. The van der Waals surface area contributed by atoms with Crippen molar-refractivity contribution < 1.29 is 27.8 Å². The van der Waals surface area contributed by atoms with Gasteiger partial charge in [-0.3, -0.25) is 0 Å². The monoisotopic (exact) mass is 249 g/mol. The maximum Gasteiger partial charge on any atom is 0.294 e. The fraction of sp³-hybridized carbons (Fsp3) is 1.00. The largest absolute Gasteiger partial charge is 0.314 e. The van der Waals surface area contributed by atoms with Crippen LogP contribution in [0.25, 0.3) is 0 Å². The first kappa shape index (κ1) is 14.8. The Hall–Kier alpha value is -1.16. The Bertz CT molecular complexity index is 221. The van der Waals surface area contributed by atoms with E-state index in [0.717, 1.165) is 0 Å². The molecular weight excluding hydrogens is 238 g/mol. The molecule has 0 fully saturated rings. The molecule has 0 aliphatic rings. The van der Waals surface area contributed by atoms with E-state index in [2.05, 4.69) is 4.84 Å². The molecule has 0 aliphatic carbocycles. The van der Waals surface area contributed by atoms with Gasteiger partial charge < -0.3 is 4.84 Å². The lowest BCUT2D eigenvalue weighted by Gasteiger charge is -2.31. The van der Waals surface area contributed by atoms with Crippen molar-refractivity contribution in [2.45, 2.75) is 31.8 Å². The first-order valence-electron chi connectivity index (χ1n) is 4.37. The van der Waals surface area contributed by atoms with E-state index in [1.165, 1.54) is 6.92 Å². The van der Waals surface area contributed by atoms with Gasteiger partial charge in [-0.05, 0) is 6.42 Å². The molecule has 0 bridgehead atoms. The van der Waals surface area contributed by atoms with Gasteiger partial charge in [-0.2, -0.15) is 0 Å². The number of rotatable bonds is 8. The molecule has 0 aromatic rings. The summed E-state index contributed by atoms with van der Waals surface area (Å²) in [4.78, 5) is 13.5. The van der Waals surface area contributed by atoms with E-state index in [0.29, 0.717) is 0 Å². The molecule has 16 heavy (non-hydrogen) atoms. The van der Waals surface area contributed by atoms with Crippen molar-refractivity contribution in [1.82, 2.24) is 10.7 Å². The summed E-state index contributed by atoms with van der Waals surface area (Å²) in [6, 6.07) is 0. The van der Waals surface area contributed by atoms with E-state index >= 15 is 0 Å². The van der Waals surface area contributed by atoms with Gasteiger partial charge in [0.15, 0.2) is 5.66 Å². The van der Waals surface area contributed by atoms with Crippen LogP contribution in [0.1, 0.15) is 26.2 Å². The van der Waals surface area contributed by atoms with Crippen LogP contribution >= 0.6 is 0 Å². The zero-order chi connectivity index (χ0) is 12.8. The molecule has 0 atom stereocenters. The van der Waals surface area contributed by atoms with Crippen molar-refractivity contribution in [1.29, 1.82) is 0 Å². The van der Waals surface area contributed by atoms with Crippen molar-refractivity contribution in [3.05, 3.63) is 10.1 Å². The summed E-state index contributed by atoms with van der Waals surface area (Å²) < 4.78 is 49.6. The molecule has 0 N–H and O–H groups in total. The topological polar surface area (TPSA) is 58.9 Å². The normalized spacial score (nSPS) is 12.2. The van der Waals surface area contributed by atoms with E-state index in [4.69, 9.17) is 0 Å². The zero-order valence-electron chi connectivity index (χ0n) is 8.41. The first-order chi connectivity index (χ1) is 7.36. The molecule has 10 heteroatoms. The first-order valence-corrected chi connectivity index (χ1v) is 4.37. The van der Waals surface area contributed by atoms with Crippen molar-refractivity contribution >= 4 is 0 Å². The Morgan fingerprint density at radius 2 is 1.75 bits per heavy atom. The van der Waals surface area contributed by atoms with Crippen molar-refractivity contribution in [3.8, 4) is 0 Å². The fourth-order valence-electron chi connectivity index (χ4n) is 1.20. The van der Waals surface area contributed by atoms with Gasteiger partial charge in [0.2, 0.25) is 0 Å². The molecule has 0 unspecified atom stereocenters. The Kier molecular flexibility index (Phi) is 5.96. The second kappa shape index (κ2) is 6.43. The molecule has 0 aromatic heterocycles. The minimum absolute atomic E-state index is 0.0626.